The van der Waals surface area contributed by atoms with Crippen molar-refractivity contribution in [2.24, 2.45) is 11.7 Å². The Bertz CT molecular complexity index is 1340. The van der Waals surface area contributed by atoms with Crippen molar-refractivity contribution in [1.29, 1.82) is 5.26 Å². The lowest BCUT2D eigenvalue weighted by Crippen LogP contribution is -2.44. The minimum atomic E-state index is -0.538. The Morgan fingerprint density at radius 3 is 2.08 bits per heavy atom. The number of hydrogen-bond donors (Lipinski definition) is 2. The van der Waals surface area contributed by atoms with Gasteiger partial charge >= 0.3 is 0 Å². The predicted octanol–water partition coefficient (Wildman–Crippen LogP) is 5.60. The molecule has 1 aromatic heterocycles. The molecule has 0 aliphatic rings. The van der Waals surface area contributed by atoms with Crippen molar-refractivity contribution in [2.45, 2.75) is 57.0 Å². The van der Waals surface area contributed by atoms with Crippen molar-refractivity contribution < 1.29 is 4.79 Å². The second-order valence-electron chi connectivity index (χ2n) is 10.8. The Morgan fingerprint density at radius 2 is 1.55 bits per heavy atom. The van der Waals surface area contributed by atoms with Crippen LogP contribution in [0.1, 0.15) is 55.0 Å². The van der Waals surface area contributed by atoms with Crippen LogP contribution in [-0.4, -0.2) is 28.0 Å². The summed E-state index contributed by atoms with van der Waals surface area (Å²) in [6.45, 7) is 5.55. The summed E-state index contributed by atoms with van der Waals surface area (Å²) >= 11 is 0. The maximum absolute atomic E-state index is 12.4. The van der Waals surface area contributed by atoms with Gasteiger partial charge in [0, 0.05) is 31.6 Å². The molecule has 0 bridgehead atoms. The molecular formula is C34H39N5O. The van der Waals surface area contributed by atoms with E-state index in [1.807, 2.05) is 65.4 Å². The number of nitrogens with two attached hydrogens (primary N) is 1. The summed E-state index contributed by atoms with van der Waals surface area (Å²) in [6, 6.07) is 32.7. The first-order valence-electron chi connectivity index (χ1n) is 14.0. The Hall–Kier alpha value is -4.21. The van der Waals surface area contributed by atoms with E-state index in [2.05, 4.69) is 66.6 Å². The number of imidazole rings is 1. The van der Waals surface area contributed by atoms with E-state index < -0.39 is 17.4 Å². The molecule has 0 radical (unpaired) electrons. The van der Waals surface area contributed by atoms with Crippen LogP contribution < -0.4 is 11.1 Å². The van der Waals surface area contributed by atoms with E-state index in [-0.39, 0.29) is 11.8 Å². The number of aryl methyl sites for hydroxylation is 1. The predicted molar refractivity (Wildman–Crippen MR) is 159 cm³/mol. The molecule has 0 aliphatic heterocycles. The number of benzene rings is 3. The van der Waals surface area contributed by atoms with Crippen LogP contribution >= 0.6 is 0 Å². The van der Waals surface area contributed by atoms with E-state index in [0.29, 0.717) is 13.0 Å². The van der Waals surface area contributed by atoms with Crippen LogP contribution in [-0.2, 0) is 23.2 Å². The molecule has 0 saturated heterocycles. The summed E-state index contributed by atoms with van der Waals surface area (Å²) in [4.78, 5) is 17.0. The topological polar surface area (TPSA) is 96.7 Å². The number of carbonyl (C=O) groups excluding carboxylic acids is 1. The fourth-order valence-corrected chi connectivity index (χ4v) is 5.47. The van der Waals surface area contributed by atoms with Gasteiger partial charge in [-0.05, 0) is 35.4 Å². The quantitative estimate of drug-likeness (QED) is 0.221. The van der Waals surface area contributed by atoms with Gasteiger partial charge in [0.1, 0.15) is 0 Å². The third kappa shape index (κ3) is 7.05. The molecule has 40 heavy (non-hydrogen) atoms. The zero-order valence-corrected chi connectivity index (χ0v) is 23.4. The Balaban J connectivity index is 1.39. The fraction of sp³-hybridized carbons (Fsp3) is 0.324. The molecule has 6 heteroatoms. The molecule has 206 valence electrons. The summed E-state index contributed by atoms with van der Waals surface area (Å²) in [7, 11) is 0. The van der Waals surface area contributed by atoms with Gasteiger partial charge in [-0.2, -0.15) is 5.26 Å². The number of aromatic nitrogens is 2. The maximum atomic E-state index is 12.4. The highest BCUT2D eigenvalue weighted by molar-refractivity contribution is 5.80. The van der Waals surface area contributed by atoms with Crippen molar-refractivity contribution in [2.75, 3.05) is 6.54 Å². The molecular weight excluding hydrogens is 494 g/mol. The van der Waals surface area contributed by atoms with Gasteiger partial charge < -0.3 is 15.6 Å². The zero-order chi connectivity index (χ0) is 28.4. The average Bonchev–Trinajstić information content (AvgIpc) is 3.43. The molecule has 4 rings (SSSR count). The highest BCUT2D eigenvalue weighted by Crippen LogP contribution is 2.36. The van der Waals surface area contributed by atoms with Gasteiger partial charge in [-0.3, -0.25) is 4.79 Å². The van der Waals surface area contributed by atoms with Gasteiger partial charge in [0.15, 0.2) is 0 Å². The van der Waals surface area contributed by atoms with E-state index in [1.54, 1.807) is 6.33 Å². The number of amides is 1. The lowest BCUT2D eigenvalue weighted by molar-refractivity contribution is -0.120. The minimum Gasteiger partial charge on any atom is -0.368 e. The van der Waals surface area contributed by atoms with Crippen LogP contribution in [0.25, 0.3) is 0 Å². The standard InChI is InChI=1S/C34H39N5O/c1-26(2)34(24-35,29-17-10-5-11-18-29)19-12-20-39-23-30(38-25-39)21-32(33(36)40)37-22-31(27-13-6-3-7-14-27)28-15-8-4-9-16-28/h3-11,13-18,23,25-26,31-32,37H,12,19-22H2,1-2H3,(H2,36,40)/t32-,34?/m0/s1. The molecule has 1 unspecified atom stereocenters. The number of hydrogen-bond acceptors (Lipinski definition) is 4. The SMILES string of the molecule is CC(C)C(C#N)(CCCn1cnc(C[C@H](NCC(c2ccccc2)c2ccccc2)C(N)=O)c1)c1ccccc1. The lowest BCUT2D eigenvalue weighted by Gasteiger charge is -2.31. The molecule has 2 atom stereocenters. The third-order valence-electron chi connectivity index (χ3n) is 7.88. The number of carbonyl (C=O) groups is 1. The highest BCUT2D eigenvalue weighted by atomic mass is 16.1. The maximum Gasteiger partial charge on any atom is 0.234 e. The smallest absolute Gasteiger partial charge is 0.234 e. The summed E-state index contributed by atoms with van der Waals surface area (Å²) < 4.78 is 2.04. The van der Waals surface area contributed by atoms with E-state index >= 15 is 0 Å². The first kappa shape index (κ1) is 28.8. The highest BCUT2D eigenvalue weighted by Gasteiger charge is 2.35. The van der Waals surface area contributed by atoms with Gasteiger partial charge in [-0.1, -0.05) is 105 Å². The van der Waals surface area contributed by atoms with Crippen LogP contribution in [0.15, 0.2) is 104 Å². The molecule has 1 amide bonds. The fourth-order valence-electron chi connectivity index (χ4n) is 5.47. The molecule has 6 nitrogen and oxygen atoms in total. The van der Waals surface area contributed by atoms with E-state index in [4.69, 9.17) is 5.73 Å². The molecule has 0 saturated carbocycles. The molecule has 0 aliphatic carbocycles. The molecule has 1 heterocycles. The first-order valence-corrected chi connectivity index (χ1v) is 14.0. The number of nitriles is 1. The van der Waals surface area contributed by atoms with Gasteiger partial charge in [0.05, 0.1) is 29.5 Å². The van der Waals surface area contributed by atoms with Crippen LogP contribution in [0, 0.1) is 17.2 Å². The summed E-state index contributed by atoms with van der Waals surface area (Å²) in [5, 5.41) is 13.6. The van der Waals surface area contributed by atoms with Crippen molar-refractivity contribution in [1.82, 2.24) is 14.9 Å². The molecule has 0 fully saturated rings. The Labute approximate surface area is 237 Å². The normalized spacial score (nSPS) is 13.6. The van der Waals surface area contributed by atoms with Gasteiger partial charge in [-0.25, -0.2) is 4.98 Å². The first-order chi connectivity index (χ1) is 19.4. The van der Waals surface area contributed by atoms with Gasteiger partial charge in [0.2, 0.25) is 5.91 Å². The monoisotopic (exact) mass is 533 g/mol. The minimum absolute atomic E-state index is 0.0905. The van der Waals surface area contributed by atoms with Gasteiger partial charge in [-0.15, -0.1) is 0 Å². The van der Waals surface area contributed by atoms with Crippen LogP contribution in [0.2, 0.25) is 0 Å². The largest absolute Gasteiger partial charge is 0.368 e. The van der Waals surface area contributed by atoms with Crippen molar-refractivity contribution in [3.8, 4) is 6.07 Å². The second kappa shape index (κ2) is 13.7. The van der Waals surface area contributed by atoms with E-state index in [9.17, 15) is 10.1 Å². The average molecular weight is 534 g/mol. The second-order valence-corrected chi connectivity index (χ2v) is 10.8. The summed E-state index contributed by atoms with van der Waals surface area (Å²) in [6.07, 6.45) is 5.79. The van der Waals surface area contributed by atoms with Crippen LogP contribution in [0.3, 0.4) is 0 Å². The van der Waals surface area contributed by atoms with Crippen LogP contribution in [0.4, 0.5) is 0 Å². The lowest BCUT2D eigenvalue weighted by atomic mass is 9.70. The van der Waals surface area contributed by atoms with Gasteiger partial charge in [0.25, 0.3) is 0 Å². The molecule has 0 spiro atoms. The number of nitrogens with one attached hydrogen (secondary N) is 1. The Kier molecular flexibility index (Phi) is 9.88. The molecule has 3 aromatic carbocycles. The molecule has 4 aromatic rings. The summed E-state index contributed by atoms with van der Waals surface area (Å²) in [5.74, 6) is -0.114. The van der Waals surface area contributed by atoms with Crippen molar-refractivity contribution in [3.05, 3.63) is 126 Å². The van der Waals surface area contributed by atoms with Crippen molar-refractivity contribution in [3.63, 3.8) is 0 Å². The van der Waals surface area contributed by atoms with Crippen molar-refractivity contribution >= 4 is 5.91 Å². The molecule has 3 N–H and O–H groups in total. The van der Waals surface area contributed by atoms with Crippen LogP contribution in [0.5, 0.6) is 0 Å². The van der Waals surface area contributed by atoms with E-state index in [1.165, 1.54) is 11.1 Å². The number of primary amides is 1. The zero-order valence-electron chi connectivity index (χ0n) is 23.4. The van der Waals surface area contributed by atoms with E-state index in [0.717, 1.165) is 30.6 Å². The Morgan fingerprint density at radius 1 is 0.975 bits per heavy atom. The summed E-state index contributed by atoms with van der Waals surface area (Å²) in [5.41, 5.74) is 9.53. The number of rotatable bonds is 14. The number of nitrogens with zero attached hydrogens (tertiary/aromatic N) is 3. The third-order valence-corrected chi connectivity index (χ3v) is 7.88.